The molecular weight excluding hydrogens is 182 g/mol. The van der Waals surface area contributed by atoms with E-state index >= 15 is 0 Å². The van der Waals surface area contributed by atoms with Crippen LogP contribution in [0.1, 0.15) is 26.2 Å². The lowest BCUT2D eigenvalue weighted by molar-refractivity contribution is -0.151. The molecule has 0 spiro atoms. The van der Waals surface area contributed by atoms with Crippen molar-refractivity contribution in [3.8, 4) is 0 Å². The van der Waals surface area contributed by atoms with E-state index in [0.29, 0.717) is 18.9 Å². The summed E-state index contributed by atoms with van der Waals surface area (Å²) in [6, 6.07) is -0.0164. The molecule has 14 heavy (non-hydrogen) atoms. The SMILES string of the molecule is COCC(C)OC(=O)CC(N)C1CC1. The molecule has 1 aliphatic carbocycles. The van der Waals surface area contributed by atoms with Crippen LogP contribution in [0.3, 0.4) is 0 Å². The Morgan fingerprint density at radius 3 is 2.71 bits per heavy atom. The highest BCUT2D eigenvalue weighted by Crippen LogP contribution is 2.32. The van der Waals surface area contributed by atoms with Gasteiger partial charge in [0.1, 0.15) is 6.10 Å². The van der Waals surface area contributed by atoms with Crippen LogP contribution in [0, 0.1) is 5.92 Å². The van der Waals surface area contributed by atoms with Gasteiger partial charge in [0.15, 0.2) is 0 Å². The number of nitrogens with two attached hydrogens (primary N) is 1. The number of hydrogen-bond acceptors (Lipinski definition) is 4. The average Bonchev–Trinajstić information content (AvgIpc) is 2.85. The summed E-state index contributed by atoms with van der Waals surface area (Å²) in [5.41, 5.74) is 5.80. The molecule has 2 N–H and O–H groups in total. The molecule has 4 heteroatoms. The molecule has 0 amide bonds. The molecule has 0 heterocycles. The summed E-state index contributed by atoms with van der Waals surface area (Å²) in [5.74, 6) is 0.328. The van der Waals surface area contributed by atoms with Crippen molar-refractivity contribution in [1.29, 1.82) is 0 Å². The Balaban J connectivity index is 2.13. The van der Waals surface area contributed by atoms with Gasteiger partial charge in [0.25, 0.3) is 0 Å². The fraction of sp³-hybridized carbons (Fsp3) is 0.900. The molecule has 0 aromatic rings. The van der Waals surface area contributed by atoms with Crippen molar-refractivity contribution in [3.05, 3.63) is 0 Å². The zero-order chi connectivity index (χ0) is 10.6. The maximum atomic E-state index is 11.3. The predicted octanol–water partition coefficient (Wildman–Crippen LogP) is 0.692. The summed E-state index contributed by atoms with van der Waals surface area (Å²) in [6.45, 7) is 2.24. The van der Waals surface area contributed by atoms with Gasteiger partial charge in [0.05, 0.1) is 13.0 Å². The van der Waals surface area contributed by atoms with E-state index < -0.39 is 0 Å². The first-order valence-corrected chi connectivity index (χ1v) is 5.07. The van der Waals surface area contributed by atoms with Crippen molar-refractivity contribution in [1.82, 2.24) is 0 Å². The maximum Gasteiger partial charge on any atom is 0.307 e. The minimum absolute atomic E-state index is 0.0164. The van der Waals surface area contributed by atoms with Gasteiger partial charge in [-0.05, 0) is 25.7 Å². The van der Waals surface area contributed by atoms with Crippen LogP contribution >= 0.6 is 0 Å². The Morgan fingerprint density at radius 2 is 2.21 bits per heavy atom. The summed E-state index contributed by atoms with van der Waals surface area (Å²) in [5, 5.41) is 0. The number of rotatable bonds is 6. The first kappa shape index (κ1) is 11.5. The second-order valence-electron chi connectivity index (χ2n) is 3.96. The molecule has 1 aliphatic rings. The number of hydrogen-bond donors (Lipinski definition) is 1. The van der Waals surface area contributed by atoms with Crippen LogP contribution in [-0.2, 0) is 14.3 Å². The smallest absolute Gasteiger partial charge is 0.307 e. The molecule has 0 aromatic carbocycles. The highest BCUT2D eigenvalue weighted by Gasteiger charge is 2.30. The van der Waals surface area contributed by atoms with E-state index in [-0.39, 0.29) is 18.1 Å². The van der Waals surface area contributed by atoms with Gasteiger partial charge in [-0.2, -0.15) is 0 Å². The summed E-state index contributed by atoms with van der Waals surface area (Å²) >= 11 is 0. The molecule has 0 saturated heterocycles. The van der Waals surface area contributed by atoms with Crippen molar-refractivity contribution in [3.63, 3.8) is 0 Å². The van der Waals surface area contributed by atoms with Gasteiger partial charge in [-0.3, -0.25) is 4.79 Å². The third-order valence-corrected chi connectivity index (χ3v) is 2.36. The van der Waals surface area contributed by atoms with E-state index in [1.807, 2.05) is 6.92 Å². The lowest BCUT2D eigenvalue weighted by Crippen LogP contribution is -2.29. The number of ether oxygens (including phenoxy) is 2. The minimum Gasteiger partial charge on any atom is -0.460 e. The van der Waals surface area contributed by atoms with E-state index in [1.54, 1.807) is 7.11 Å². The summed E-state index contributed by atoms with van der Waals surface area (Å²) in [6.07, 6.45) is 2.46. The van der Waals surface area contributed by atoms with Crippen LogP contribution in [0.4, 0.5) is 0 Å². The van der Waals surface area contributed by atoms with E-state index in [1.165, 1.54) is 0 Å². The maximum absolute atomic E-state index is 11.3. The predicted molar refractivity (Wildman–Crippen MR) is 52.7 cm³/mol. The number of carbonyl (C=O) groups is 1. The van der Waals surface area contributed by atoms with Gasteiger partial charge in [-0.15, -0.1) is 0 Å². The molecule has 2 atom stereocenters. The summed E-state index contributed by atoms with van der Waals surface area (Å²) in [4.78, 5) is 11.3. The highest BCUT2D eigenvalue weighted by molar-refractivity contribution is 5.70. The zero-order valence-electron chi connectivity index (χ0n) is 8.86. The second kappa shape index (κ2) is 5.32. The Morgan fingerprint density at radius 1 is 1.57 bits per heavy atom. The average molecular weight is 201 g/mol. The van der Waals surface area contributed by atoms with Gasteiger partial charge in [-0.25, -0.2) is 0 Å². The monoisotopic (exact) mass is 201 g/mol. The van der Waals surface area contributed by atoms with Crippen molar-refractivity contribution in [2.75, 3.05) is 13.7 Å². The lowest BCUT2D eigenvalue weighted by atomic mass is 10.1. The van der Waals surface area contributed by atoms with Crippen molar-refractivity contribution in [2.45, 2.75) is 38.3 Å². The van der Waals surface area contributed by atoms with Gasteiger partial charge < -0.3 is 15.2 Å². The zero-order valence-corrected chi connectivity index (χ0v) is 8.86. The summed E-state index contributed by atoms with van der Waals surface area (Å²) < 4.78 is 9.96. The number of carbonyl (C=O) groups excluding carboxylic acids is 1. The van der Waals surface area contributed by atoms with Crippen molar-refractivity contribution >= 4 is 5.97 Å². The van der Waals surface area contributed by atoms with Crippen molar-refractivity contribution in [2.24, 2.45) is 11.7 Å². The fourth-order valence-electron chi connectivity index (χ4n) is 1.42. The first-order chi connectivity index (χ1) is 6.63. The lowest BCUT2D eigenvalue weighted by Gasteiger charge is -2.14. The largest absolute Gasteiger partial charge is 0.460 e. The van der Waals surface area contributed by atoms with Crippen LogP contribution in [-0.4, -0.2) is 31.8 Å². The topological polar surface area (TPSA) is 61.5 Å². The van der Waals surface area contributed by atoms with E-state index in [0.717, 1.165) is 12.8 Å². The molecule has 2 unspecified atom stereocenters. The summed E-state index contributed by atoms with van der Waals surface area (Å²) in [7, 11) is 1.58. The third-order valence-electron chi connectivity index (χ3n) is 2.36. The van der Waals surface area contributed by atoms with Crippen molar-refractivity contribution < 1.29 is 14.3 Å². The molecule has 1 saturated carbocycles. The van der Waals surface area contributed by atoms with Gasteiger partial charge in [0.2, 0.25) is 0 Å². The molecule has 4 nitrogen and oxygen atoms in total. The van der Waals surface area contributed by atoms with Crippen LogP contribution in [0.15, 0.2) is 0 Å². The van der Waals surface area contributed by atoms with Crippen LogP contribution < -0.4 is 5.73 Å². The Bertz CT molecular complexity index is 192. The Kier molecular flexibility index (Phi) is 4.35. The Hall–Kier alpha value is -0.610. The molecule has 0 bridgehead atoms. The molecular formula is C10H19NO3. The third kappa shape index (κ3) is 4.07. The normalized spacial score (nSPS) is 20.2. The second-order valence-corrected chi connectivity index (χ2v) is 3.96. The van der Waals surface area contributed by atoms with Gasteiger partial charge in [-0.1, -0.05) is 0 Å². The molecule has 0 aliphatic heterocycles. The van der Waals surface area contributed by atoms with Gasteiger partial charge >= 0.3 is 5.97 Å². The van der Waals surface area contributed by atoms with Gasteiger partial charge in [0, 0.05) is 13.2 Å². The van der Waals surface area contributed by atoms with E-state index in [2.05, 4.69) is 0 Å². The first-order valence-electron chi connectivity index (χ1n) is 5.07. The minimum atomic E-state index is -0.214. The Labute approximate surface area is 84.7 Å². The quantitative estimate of drug-likeness (QED) is 0.642. The van der Waals surface area contributed by atoms with Crippen LogP contribution in [0.25, 0.3) is 0 Å². The molecule has 1 rings (SSSR count). The van der Waals surface area contributed by atoms with E-state index in [9.17, 15) is 4.79 Å². The van der Waals surface area contributed by atoms with Crippen LogP contribution in [0.5, 0.6) is 0 Å². The highest BCUT2D eigenvalue weighted by atomic mass is 16.6. The van der Waals surface area contributed by atoms with E-state index in [4.69, 9.17) is 15.2 Å². The number of methoxy groups -OCH3 is 1. The molecule has 0 radical (unpaired) electrons. The molecule has 1 fully saturated rings. The standard InChI is InChI=1S/C10H19NO3/c1-7(6-13-2)14-10(12)5-9(11)8-3-4-8/h7-9H,3-6,11H2,1-2H3. The molecule has 82 valence electrons. The number of esters is 1. The fourth-order valence-corrected chi connectivity index (χ4v) is 1.42. The molecule has 0 aromatic heterocycles. The van der Waals surface area contributed by atoms with Crippen LogP contribution in [0.2, 0.25) is 0 Å².